The molecule has 1 aromatic heterocycles. The molecule has 0 unspecified atom stereocenters. The van der Waals surface area contributed by atoms with Crippen molar-refractivity contribution >= 4 is 40.4 Å². The van der Waals surface area contributed by atoms with Gasteiger partial charge in [0.05, 0.1) is 23.4 Å². The molecular weight excluding hydrogens is 391 g/mol. The highest BCUT2D eigenvalue weighted by Gasteiger charge is 2.13. The number of methoxy groups -OCH3 is 1. The Kier molecular flexibility index (Phi) is 5.51. The molecule has 7 heteroatoms. The predicted molar refractivity (Wildman–Crippen MR) is 106 cm³/mol. The number of benzene rings is 2. The molecule has 134 valence electrons. The maximum Gasteiger partial charge on any atom is 0.281 e. The molecule has 0 saturated carbocycles. The first-order valence-corrected chi connectivity index (χ1v) is 9.33. The molecule has 0 fully saturated rings. The Balaban J connectivity index is 2.03. The second-order valence-electron chi connectivity index (χ2n) is 5.62. The van der Waals surface area contributed by atoms with Crippen molar-refractivity contribution in [2.75, 3.05) is 7.11 Å². The molecule has 4 nitrogen and oxygen atoms in total. The highest BCUT2D eigenvalue weighted by Crippen LogP contribution is 2.27. The first kappa shape index (κ1) is 18.7. The largest absolute Gasteiger partial charge is 0.497 e. The average Bonchev–Trinajstić information content (AvgIpc) is 2.88. The first-order chi connectivity index (χ1) is 12.4. The average molecular weight is 407 g/mol. The van der Waals surface area contributed by atoms with Crippen LogP contribution in [0.1, 0.15) is 15.2 Å². The van der Waals surface area contributed by atoms with Crippen LogP contribution in [-0.4, -0.2) is 17.6 Å². The lowest BCUT2D eigenvalue weighted by molar-refractivity contribution is 0.0998. The van der Waals surface area contributed by atoms with Gasteiger partial charge in [-0.15, -0.1) is 11.3 Å². The molecule has 3 aromatic rings. The van der Waals surface area contributed by atoms with Gasteiger partial charge in [-0.1, -0.05) is 23.2 Å². The van der Waals surface area contributed by atoms with Crippen LogP contribution >= 0.6 is 34.5 Å². The van der Waals surface area contributed by atoms with E-state index in [9.17, 15) is 4.79 Å². The summed E-state index contributed by atoms with van der Waals surface area (Å²) >= 11 is 13.4. The van der Waals surface area contributed by atoms with Gasteiger partial charge in [0.15, 0.2) is 4.80 Å². The van der Waals surface area contributed by atoms with Crippen molar-refractivity contribution in [3.8, 4) is 17.0 Å². The van der Waals surface area contributed by atoms with E-state index >= 15 is 0 Å². The minimum Gasteiger partial charge on any atom is -0.497 e. The van der Waals surface area contributed by atoms with Crippen molar-refractivity contribution in [3.63, 3.8) is 0 Å². The second kappa shape index (κ2) is 7.66. The van der Waals surface area contributed by atoms with E-state index in [4.69, 9.17) is 27.9 Å². The van der Waals surface area contributed by atoms with Crippen LogP contribution in [0.15, 0.2) is 47.5 Å². The molecule has 3 rings (SSSR count). The van der Waals surface area contributed by atoms with Gasteiger partial charge in [-0.05, 0) is 55.0 Å². The summed E-state index contributed by atoms with van der Waals surface area (Å²) in [4.78, 5) is 18.4. The van der Waals surface area contributed by atoms with E-state index in [-0.39, 0.29) is 5.02 Å². The van der Waals surface area contributed by atoms with Crippen molar-refractivity contribution in [1.29, 1.82) is 0 Å². The highest BCUT2D eigenvalue weighted by atomic mass is 35.5. The number of rotatable bonds is 3. The van der Waals surface area contributed by atoms with Crippen LogP contribution in [0.2, 0.25) is 10.0 Å². The molecule has 2 aromatic carbocycles. The fourth-order valence-corrected chi connectivity index (χ4v) is 4.11. The molecule has 0 atom stereocenters. The van der Waals surface area contributed by atoms with Crippen molar-refractivity contribution in [2.45, 2.75) is 6.92 Å². The molecule has 0 radical (unpaired) electrons. The van der Waals surface area contributed by atoms with Crippen molar-refractivity contribution in [3.05, 3.63) is 67.8 Å². The van der Waals surface area contributed by atoms with E-state index in [1.807, 2.05) is 42.8 Å². The number of thiazole rings is 1. The second-order valence-corrected chi connectivity index (χ2v) is 7.64. The zero-order chi connectivity index (χ0) is 18.8. The zero-order valence-corrected chi connectivity index (χ0v) is 16.7. The fraction of sp³-hybridized carbons (Fsp3) is 0.158. The third kappa shape index (κ3) is 3.70. The SMILES string of the molecule is COc1ccc(-c2c(C)sc(=NC(=O)c3ccc(Cl)cc3Cl)n2C)cc1. The number of carbonyl (C=O) groups excluding carboxylic acids is 1. The van der Waals surface area contributed by atoms with Crippen LogP contribution in [0.3, 0.4) is 0 Å². The number of amides is 1. The fourth-order valence-electron chi connectivity index (χ4n) is 2.64. The van der Waals surface area contributed by atoms with E-state index in [2.05, 4.69) is 4.99 Å². The lowest BCUT2D eigenvalue weighted by Gasteiger charge is -2.06. The highest BCUT2D eigenvalue weighted by molar-refractivity contribution is 7.09. The Morgan fingerprint density at radius 1 is 1.15 bits per heavy atom. The quantitative estimate of drug-likeness (QED) is 0.605. The number of nitrogens with zero attached hydrogens (tertiary/aromatic N) is 2. The number of aryl methyl sites for hydroxylation is 1. The van der Waals surface area contributed by atoms with E-state index in [1.54, 1.807) is 19.2 Å². The summed E-state index contributed by atoms with van der Waals surface area (Å²) < 4.78 is 7.11. The van der Waals surface area contributed by atoms with Crippen molar-refractivity contribution in [2.24, 2.45) is 12.0 Å². The minimum absolute atomic E-state index is 0.289. The number of hydrogen-bond donors (Lipinski definition) is 0. The Morgan fingerprint density at radius 3 is 2.46 bits per heavy atom. The Labute approximate surface area is 165 Å². The van der Waals surface area contributed by atoms with E-state index < -0.39 is 5.91 Å². The maximum atomic E-state index is 12.5. The lowest BCUT2D eigenvalue weighted by Crippen LogP contribution is -2.14. The molecule has 0 aliphatic rings. The summed E-state index contributed by atoms with van der Waals surface area (Å²) in [5.74, 6) is 0.395. The van der Waals surface area contributed by atoms with Crippen LogP contribution in [0.5, 0.6) is 5.75 Å². The number of aromatic nitrogens is 1. The van der Waals surface area contributed by atoms with Crippen LogP contribution < -0.4 is 9.54 Å². The van der Waals surface area contributed by atoms with Gasteiger partial charge >= 0.3 is 0 Å². The number of carbonyl (C=O) groups is 1. The first-order valence-electron chi connectivity index (χ1n) is 7.75. The third-order valence-electron chi connectivity index (χ3n) is 3.92. The van der Waals surface area contributed by atoms with Gasteiger partial charge < -0.3 is 9.30 Å². The predicted octanol–water partition coefficient (Wildman–Crippen LogP) is 5.12. The zero-order valence-electron chi connectivity index (χ0n) is 14.4. The molecule has 0 aliphatic heterocycles. The molecular formula is C19H16Cl2N2O2S. The van der Waals surface area contributed by atoms with Crippen LogP contribution in [-0.2, 0) is 7.05 Å². The summed E-state index contributed by atoms with van der Waals surface area (Å²) in [5.41, 5.74) is 2.36. The molecule has 0 saturated heterocycles. The Hall–Kier alpha value is -2.08. The summed E-state index contributed by atoms with van der Waals surface area (Å²) in [6, 6.07) is 12.5. The lowest BCUT2D eigenvalue weighted by atomic mass is 10.1. The van der Waals surface area contributed by atoms with Crippen molar-refractivity contribution in [1.82, 2.24) is 4.57 Å². The molecule has 0 N–H and O–H groups in total. The van der Waals surface area contributed by atoms with Crippen LogP contribution in [0.4, 0.5) is 0 Å². The molecule has 0 aliphatic carbocycles. The topological polar surface area (TPSA) is 43.6 Å². The summed E-state index contributed by atoms with van der Waals surface area (Å²) in [6.07, 6.45) is 0. The van der Waals surface area contributed by atoms with Crippen molar-refractivity contribution < 1.29 is 9.53 Å². The Bertz CT molecular complexity index is 1040. The summed E-state index contributed by atoms with van der Waals surface area (Å²) in [7, 11) is 3.52. The molecule has 1 amide bonds. The third-order valence-corrected chi connectivity index (χ3v) is 5.52. The van der Waals surface area contributed by atoms with E-state index in [0.717, 1.165) is 21.9 Å². The number of hydrogen-bond acceptors (Lipinski definition) is 3. The Morgan fingerprint density at radius 2 is 1.85 bits per heavy atom. The van der Waals surface area contributed by atoms with Gasteiger partial charge in [0.1, 0.15) is 5.75 Å². The summed E-state index contributed by atoms with van der Waals surface area (Å²) in [6.45, 7) is 2.00. The van der Waals surface area contributed by atoms with Gasteiger partial charge in [-0.3, -0.25) is 4.79 Å². The monoisotopic (exact) mass is 406 g/mol. The van der Waals surface area contributed by atoms with Crippen LogP contribution in [0.25, 0.3) is 11.3 Å². The smallest absolute Gasteiger partial charge is 0.281 e. The molecule has 0 bridgehead atoms. The minimum atomic E-state index is -0.398. The van der Waals surface area contributed by atoms with E-state index in [1.165, 1.54) is 17.4 Å². The standard InChI is InChI=1S/C19H16Cl2N2O2S/c1-11-17(12-4-7-14(25-3)8-5-12)23(2)19(26-11)22-18(24)15-9-6-13(20)10-16(15)21/h4-10H,1-3H3. The molecule has 0 spiro atoms. The van der Waals surface area contributed by atoms with Gasteiger partial charge in [0.2, 0.25) is 0 Å². The molecule has 1 heterocycles. The molecule has 26 heavy (non-hydrogen) atoms. The normalized spacial score (nSPS) is 11.7. The van der Waals surface area contributed by atoms with Gasteiger partial charge in [-0.25, -0.2) is 0 Å². The number of ether oxygens (including phenoxy) is 1. The maximum absolute atomic E-state index is 12.5. The van der Waals surface area contributed by atoms with Gasteiger partial charge in [0, 0.05) is 16.9 Å². The van der Waals surface area contributed by atoms with Gasteiger partial charge in [0.25, 0.3) is 5.91 Å². The van der Waals surface area contributed by atoms with Crippen LogP contribution in [0, 0.1) is 6.92 Å². The number of halogens is 2. The summed E-state index contributed by atoms with van der Waals surface area (Å²) in [5, 5.41) is 0.767. The van der Waals surface area contributed by atoms with Gasteiger partial charge in [-0.2, -0.15) is 4.99 Å². The van der Waals surface area contributed by atoms with E-state index in [0.29, 0.717) is 15.4 Å².